The quantitative estimate of drug-likeness (QED) is 0.739. The van der Waals surface area contributed by atoms with Crippen molar-refractivity contribution >= 4 is 33.6 Å². The van der Waals surface area contributed by atoms with Gasteiger partial charge in [-0.15, -0.1) is 0 Å². The van der Waals surface area contributed by atoms with Crippen LogP contribution in [-0.2, 0) is 4.79 Å². The molecular formula is C15H21BrN4O2. The average molecular weight is 369 g/mol. The summed E-state index contributed by atoms with van der Waals surface area (Å²) in [6, 6.07) is 6.98. The minimum atomic E-state index is -0.309. The molecule has 4 N–H and O–H groups in total. The lowest BCUT2D eigenvalue weighted by molar-refractivity contribution is -0.130. The van der Waals surface area contributed by atoms with E-state index >= 15 is 0 Å². The van der Waals surface area contributed by atoms with Crippen LogP contribution in [0.15, 0.2) is 28.7 Å². The Morgan fingerprint density at radius 2 is 2.05 bits per heavy atom. The van der Waals surface area contributed by atoms with Crippen LogP contribution in [-0.4, -0.2) is 43.0 Å². The van der Waals surface area contributed by atoms with Gasteiger partial charge in [0.1, 0.15) is 0 Å². The SMILES string of the molecule is NCC1CCN(C(=O)CCNC(=O)Nc2ccc(Br)cc2)C1. The topological polar surface area (TPSA) is 87.5 Å². The molecule has 22 heavy (non-hydrogen) atoms. The van der Waals surface area contributed by atoms with E-state index in [9.17, 15) is 9.59 Å². The average Bonchev–Trinajstić information content (AvgIpc) is 2.98. The van der Waals surface area contributed by atoms with E-state index in [4.69, 9.17) is 5.73 Å². The number of nitrogens with zero attached hydrogens (tertiary/aromatic N) is 1. The summed E-state index contributed by atoms with van der Waals surface area (Å²) in [6.45, 7) is 2.45. The Balaban J connectivity index is 1.66. The summed E-state index contributed by atoms with van der Waals surface area (Å²) in [7, 11) is 0. The van der Waals surface area contributed by atoms with Crippen LogP contribution in [0.4, 0.5) is 10.5 Å². The number of amides is 3. The highest BCUT2D eigenvalue weighted by molar-refractivity contribution is 9.10. The lowest BCUT2D eigenvalue weighted by Crippen LogP contribution is -2.35. The fraction of sp³-hybridized carbons (Fsp3) is 0.467. The fourth-order valence-electron chi connectivity index (χ4n) is 2.40. The molecule has 2 rings (SSSR count). The molecule has 0 aromatic heterocycles. The van der Waals surface area contributed by atoms with Crippen molar-refractivity contribution in [3.05, 3.63) is 28.7 Å². The molecule has 0 radical (unpaired) electrons. The van der Waals surface area contributed by atoms with E-state index in [0.717, 1.165) is 24.0 Å². The maximum absolute atomic E-state index is 12.0. The fourth-order valence-corrected chi connectivity index (χ4v) is 2.67. The Morgan fingerprint density at radius 3 is 2.68 bits per heavy atom. The third-order valence-electron chi connectivity index (χ3n) is 3.70. The normalized spacial score (nSPS) is 17.4. The van der Waals surface area contributed by atoms with Crippen LogP contribution >= 0.6 is 15.9 Å². The zero-order chi connectivity index (χ0) is 15.9. The number of rotatable bonds is 5. The van der Waals surface area contributed by atoms with Crippen molar-refractivity contribution in [2.24, 2.45) is 11.7 Å². The van der Waals surface area contributed by atoms with Gasteiger partial charge in [0, 0.05) is 36.2 Å². The van der Waals surface area contributed by atoms with Crippen molar-refractivity contribution in [3.63, 3.8) is 0 Å². The molecule has 1 aromatic rings. The van der Waals surface area contributed by atoms with Crippen LogP contribution in [0, 0.1) is 5.92 Å². The van der Waals surface area contributed by atoms with Crippen molar-refractivity contribution in [1.29, 1.82) is 0 Å². The first-order chi connectivity index (χ1) is 10.6. The first-order valence-electron chi connectivity index (χ1n) is 7.36. The number of anilines is 1. The zero-order valence-corrected chi connectivity index (χ0v) is 13.9. The van der Waals surface area contributed by atoms with Gasteiger partial charge in [0.2, 0.25) is 5.91 Å². The smallest absolute Gasteiger partial charge is 0.319 e. The Hall–Kier alpha value is -1.60. The number of urea groups is 1. The van der Waals surface area contributed by atoms with Crippen molar-refractivity contribution < 1.29 is 9.59 Å². The first-order valence-corrected chi connectivity index (χ1v) is 8.16. The summed E-state index contributed by atoms with van der Waals surface area (Å²) in [4.78, 5) is 25.5. The summed E-state index contributed by atoms with van der Waals surface area (Å²) in [5.74, 6) is 0.484. The molecule has 0 spiro atoms. The van der Waals surface area contributed by atoms with E-state index in [2.05, 4.69) is 26.6 Å². The molecular weight excluding hydrogens is 348 g/mol. The number of carbonyl (C=O) groups is 2. The molecule has 1 aliphatic heterocycles. The number of likely N-dealkylation sites (tertiary alicyclic amines) is 1. The monoisotopic (exact) mass is 368 g/mol. The highest BCUT2D eigenvalue weighted by Crippen LogP contribution is 2.15. The third-order valence-corrected chi connectivity index (χ3v) is 4.23. The van der Waals surface area contributed by atoms with Gasteiger partial charge in [-0.1, -0.05) is 15.9 Å². The van der Waals surface area contributed by atoms with E-state index in [1.807, 2.05) is 17.0 Å². The molecule has 0 aliphatic carbocycles. The second-order valence-electron chi connectivity index (χ2n) is 5.37. The van der Waals surface area contributed by atoms with Crippen molar-refractivity contribution in [2.45, 2.75) is 12.8 Å². The molecule has 1 fully saturated rings. The number of hydrogen-bond donors (Lipinski definition) is 3. The number of nitrogens with two attached hydrogens (primary N) is 1. The Bertz CT molecular complexity index is 521. The number of hydrogen-bond acceptors (Lipinski definition) is 3. The van der Waals surface area contributed by atoms with Crippen LogP contribution in [0.2, 0.25) is 0 Å². The molecule has 1 aromatic carbocycles. The minimum Gasteiger partial charge on any atom is -0.342 e. The van der Waals surface area contributed by atoms with Gasteiger partial charge in [0.25, 0.3) is 0 Å². The number of benzene rings is 1. The minimum absolute atomic E-state index is 0.0693. The number of carbonyl (C=O) groups excluding carboxylic acids is 2. The number of halogens is 1. The Kier molecular flexibility index (Phi) is 6.21. The Morgan fingerprint density at radius 1 is 1.32 bits per heavy atom. The second-order valence-corrected chi connectivity index (χ2v) is 6.28. The van der Waals surface area contributed by atoms with Gasteiger partial charge >= 0.3 is 6.03 Å². The molecule has 3 amide bonds. The summed E-state index contributed by atoms with van der Waals surface area (Å²) in [6.07, 6.45) is 1.28. The van der Waals surface area contributed by atoms with Gasteiger partial charge in [-0.25, -0.2) is 4.79 Å². The van der Waals surface area contributed by atoms with Crippen LogP contribution in [0.1, 0.15) is 12.8 Å². The van der Waals surface area contributed by atoms with Crippen LogP contribution < -0.4 is 16.4 Å². The van der Waals surface area contributed by atoms with Crippen molar-refractivity contribution in [1.82, 2.24) is 10.2 Å². The summed E-state index contributed by atoms with van der Waals surface area (Å²) >= 11 is 3.33. The molecule has 1 atom stereocenters. The first kappa shape index (κ1) is 16.8. The molecule has 1 aliphatic rings. The van der Waals surface area contributed by atoms with Gasteiger partial charge in [0.15, 0.2) is 0 Å². The van der Waals surface area contributed by atoms with E-state index < -0.39 is 0 Å². The molecule has 7 heteroatoms. The molecule has 6 nitrogen and oxygen atoms in total. The molecule has 1 unspecified atom stereocenters. The zero-order valence-electron chi connectivity index (χ0n) is 12.3. The molecule has 0 bridgehead atoms. The second kappa shape index (κ2) is 8.14. The third kappa shape index (κ3) is 4.99. The highest BCUT2D eigenvalue weighted by atomic mass is 79.9. The van der Waals surface area contributed by atoms with Crippen LogP contribution in [0.3, 0.4) is 0 Å². The maximum Gasteiger partial charge on any atom is 0.319 e. The van der Waals surface area contributed by atoms with Gasteiger partial charge in [0.05, 0.1) is 0 Å². The molecule has 1 heterocycles. The summed E-state index contributed by atoms with van der Waals surface area (Å²) < 4.78 is 0.949. The van der Waals surface area contributed by atoms with E-state index in [1.54, 1.807) is 12.1 Å². The van der Waals surface area contributed by atoms with Gasteiger partial charge < -0.3 is 21.3 Å². The largest absolute Gasteiger partial charge is 0.342 e. The van der Waals surface area contributed by atoms with Crippen LogP contribution in [0.25, 0.3) is 0 Å². The predicted octanol–water partition coefficient (Wildman–Crippen LogP) is 1.77. The van der Waals surface area contributed by atoms with E-state index in [-0.39, 0.29) is 11.9 Å². The van der Waals surface area contributed by atoms with Crippen LogP contribution in [0.5, 0.6) is 0 Å². The van der Waals surface area contributed by atoms with Gasteiger partial charge in [-0.05, 0) is 43.1 Å². The van der Waals surface area contributed by atoms with Gasteiger partial charge in [-0.3, -0.25) is 4.79 Å². The van der Waals surface area contributed by atoms with Crippen molar-refractivity contribution in [2.75, 3.05) is 31.5 Å². The highest BCUT2D eigenvalue weighted by Gasteiger charge is 2.24. The van der Waals surface area contributed by atoms with E-state index in [1.165, 1.54) is 0 Å². The molecule has 120 valence electrons. The lowest BCUT2D eigenvalue weighted by atomic mass is 10.1. The van der Waals surface area contributed by atoms with Gasteiger partial charge in [-0.2, -0.15) is 0 Å². The maximum atomic E-state index is 12.0. The Labute approximate surface area is 138 Å². The molecule has 1 saturated heterocycles. The number of nitrogens with one attached hydrogen (secondary N) is 2. The standard InChI is InChI=1S/C15H21BrN4O2/c16-12-1-3-13(4-2-12)19-15(22)18-7-5-14(21)20-8-6-11(9-17)10-20/h1-4,11H,5-10,17H2,(H2,18,19,22). The van der Waals surface area contributed by atoms with Crippen molar-refractivity contribution in [3.8, 4) is 0 Å². The molecule has 0 saturated carbocycles. The summed E-state index contributed by atoms with van der Waals surface area (Å²) in [5, 5.41) is 5.41. The predicted molar refractivity (Wildman–Crippen MR) is 89.5 cm³/mol. The lowest BCUT2D eigenvalue weighted by Gasteiger charge is -2.16. The summed E-state index contributed by atoms with van der Waals surface area (Å²) in [5.41, 5.74) is 6.32. The van der Waals surface area contributed by atoms with E-state index in [0.29, 0.717) is 31.1 Å².